The summed E-state index contributed by atoms with van der Waals surface area (Å²) >= 11 is 1.62. The Balaban J connectivity index is 2.26. The van der Waals surface area contributed by atoms with Gasteiger partial charge in [0.15, 0.2) is 0 Å². The minimum absolute atomic E-state index is 0.802. The van der Waals surface area contributed by atoms with Crippen LogP contribution in [0.3, 0.4) is 0 Å². The molecule has 0 spiro atoms. The fraction of sp³-hybridized carbons (Fsp3) is 0.182. The SMILES string of the molecule is C=CN(/N=C(\C)c1ccc(C(=NC(=C)C)SC)cc1)c1ccc(C)cc1. The van der Waals surface area contributed by atoms with Gasteiger partial charge < -0.3 is 0 Å². The molecule has 0 bridgehead atoms. The van der Waals surface area contributed by atoms with E-state index in [1.807, 2.05) is 32.2 Å². The lowest BCUT2D eigenvalue weighted by Crippen LogP contribution is -2.11. The molecule has 0 amide bonds. The highest BCUT2D eigenvalue weighted by Crippen LogP contribution is 2.18. The second-order valence-electron chi connectivity index (χ2n) is 5.98. The molecule has 134 valence electrons. The fourth-order valence-corrected chi connectivity index (χ4v) is 3.00. The maximum absolute atomic E-state index is 4.69. The van der Waals surface area contributed by atoms with Crippen LogP contribution in [-0.4, -0.2) is 17.0 Å². The van der Waals surface area contributed by atoms with Crippen molar-refractivity contribution < 1.29 is 0 Å². The van der Waals surface area contributed by atoms with E-state index in [1.54, 1.807) is 23.0 Å². The molecule has 0 aromatic heterocycles. The lowest BCUT2D eigenvalue weighted by atomic mass is 10.1. The normalized spacial score (nSPS) is 12.0. The Labute approximate surface area is 160 Å². The molecule has 0 fully saturated rings. The van der Waals surface area contributed by atoms with Crippen molar-refractivity contribution in [3.63, 3.8) is 0 Å². The van der Waals surface area contributed by atoms with Crippen LogP contribution >= 0.6 is 11.8 Å². The summed E-state index contributed by atoms with van der Waals surface area (Å²) in [5, 5.41) is 7.44. The number of thioether (sulfide) groups is 1. The molecule has 0 heterocycles. The zero-order valence-electron chi connectivity index (χ0n) is 15.9. The third kappa shape index (κ3) is 5.20. The molecule has 0 radical (unpaired) electrons. The highest BCUT2D eigenvalue weighted by atomic mass is 32.2. The predicted octanol–water partition coefficient (Wildman–Crippen LogP) is 6.01. The van der Waals surface area contributed by atoms with Crippen molar-refractivity contribution in [1.82, 2.24) is 0 Å². The van der Waals surface area contributed by atoms with Gasteiger partial charge in [-0.25, -0.2) is 10.0 Å². The van der Waals surface area contributed by atoms with Gasteiger partial charge in [-0.3, -0.25) is 0 Å². The van der Waals surface area contributed by atoms with Crippen LogP contribution in [0, 0.1) is 6.92 Å². The Morgan fingerprint density at radius 1 is 1.00 bits per heavy atom. The minimum atomic E-state index is 0.802. The number of benzene rings is 2. The summed E-state index contributed by atoms with van der Waals surface area (Å²) in [5.41, 5.74) is 6.06. The zero-order chi connectivity index (χ0) is 19.1. The Bertz CT molecular complexity index is 831. The van der Waals surface area contributed by atoms with Crippen molar-refractivity contribution in [3.05, 3.63) is 90.3 Å². The number of rotatable bonds is 6. The molecule has 2 aromatic rings. The first-order valence-corrected chi connectivity index (χ1v) is 9.59. The highest BCUT2D eigenvalue weighted by Gasteiger charge is 2.06. The number of aryl methyl sites for hydroxylation is 1. The molecule has 2 rings (SSSR count). The molecule has 0 aliphatic carbocycles. The smallest absolute Gasteiger partial charge is 0.103 e. The van der Waals surface area contributed by atoms with Crippen LogP contribution in [0.4, 0.5) is 5.69 Å². The van der Waals surface area contributed by atoms with Crippen molar-refractivity contribution in [3.8, 4) is 0 Å². The predicted molar refractivity (Wildman–Crippen MR) is 117 cm³/mol. The van der Waals surface area contributed by atoms with Crippen LogP contribution in [0.1, 0.15) is 30.5 Å². The average Bonchev–Trinajstić information content (AvgIpc) is 2.64. The van der Waals surface area contributed by atoms with Gasteiger partial charge in [-0.2, -0.15) is 5.10 Å². The molecule has 0 aliphatic rings. The molecule has 0 N–H and O–H groups in total. The summed E-state index contributed by atoms with van der Waals surface area (Å²) in [5.74, 6) is 0. The van der Waals surface area contributed by atoms with Crippen molar-refractivity contribution in [2.24, 2.45) is 10.1 Å². The molecule has 0 atom stereocenters. The van der Waals surface area contributed by atoms with Crippen LogP contribution in [-0.2, 0) is 0 Å². The molecule has 26 heavy (non-hydrogen) atoms. The van der Waals surface area contributed by atoms with Crippen LogP contribution in [0.2, 0.25) is 0 Å². The lowest BCUT2D eigenvalue weighted by molar-refractivity contribution is 1.07. The molecule has 0 aliphatic heterocycles. The number of hydrogen-bond acceptors (Lipinski definition) is 4. The topological polar surface area (TPSA) is 28.0 Å². The average molecular weight is 364 g/mol. The standard InChI is InChI=1S/C22H25N3S/c1-7-25(21-14-8-17(4)9-15-21)24-18(5)19-10-12-20(13-11-19)22(26-6)23-16(2)3/h7-15H,1-2H2,3-6H3/b23-22?,24-18+. The monoisotopic (exact) mass is 363 g/mol. The molecule has 3 nitrogen and oxygen atoms in total. The number of hydrogen-bond donors (Lipinski definition) is 0. The summed E-state index contributed by atoms with van der Waals surface area (Å²) in [7, 11) is 0. The largest absolute Gasteiger partial charge is 0.247 e. The van der Waals surface area contributed by atoms with E-state index in [-0.39, 0.29) is 0 Å². The number of aliphatic imine (C=N–C) groups is 1. The van der Waals surface area contributed by atoms with E-state index in [0.29, 0.717) is 0 Å². The number of anilines is 1. The first-order valence-electron chi connectivity index (χ1n) is 8.37. The maximum Gasteiger partial charge on any atom is 0.103 e. The van der Waals surface area contributed by atoms with Gasteiger partial charge in [-0.05, 0) is 44.7 Å². The first-order chi connectivity index (χ1) is 12.4. The van der Waals surface area contributed by atoms with Crippen LogP contribution in [0.15, 0.2) is 83.7 Å². The zero-order valence-corrected chi connectivity index (χ0v) is 16.7. The summed E-state index contributed by atoms with van der Waals surface area (Å²) in [6.45, 7) is 13.7. The maximum atomic E-state index is 4.69. The van der Waals surface area contributed by atoms with E-state index in [9.17, 15) is 0 Å². The Kier molecular flexibility index (Phi) is 6.98. The number of hydrazone groups is 1. The Morgan fingerprint density at radius 2 is 1.58 bits per heavy atom. The summed E-state index contributed by atoms with van der Waals surface area (Å²) < 4.78 is 0. The van der Waals surface area contributed by atoms with E-state index >= 15 is 0 Å². The molecular weight excluding hydrogens is 338 g/mol. The molecular formula is C22H25N3S. The minimum Gasteiger partial charge on any atom is -0.247 e. The Morgan fingerprint density at radius 3 is 2.08 bits per heavy atom. The molecule has 0 saturated carbocycles. The van der Waals surface area contributed by atoms with Gasteiger partial charge in [-0.1, -0.05) is 55.1 Å². The summed E-state index contributed by atoms with van der Waals surface area (Å²) in [4.78, 5) is 4.48. The fourth-order valence-electron chi connectivity index (χ4n) is 2.38. The summed E-state index contributed by atoms with van der Waals surface area (Å²) in [6.07, 6.45) is 3.74. The van der Waals surface area contributed by atoms with E-state index in [1.165, 1.54) is 5.56 Å². The first kappa shape index (κ1) is 19.7. The van der Waals surface area contributed by atoms with Crippen LogP contribution in [0.25, 0.3) is 0 Å². The number of nitrogens with zero attached hydrogens (tertiary/aromatic N) is 3. The van der Waals surface area contributed by atoms with Crippen molar-refractivity contribution in [2.75, 3.05) is 11.3 Å². The van der Waals surface area contributed by atoms with Crippen LogP contribution < -0.4 is 5.01 Å². The van der Waals surface area contributed by atoms with Crippen molar-refractivity contribution in [1.29, 1.82) is 0 Å². The summed E-state index contributed by atoms with van der Waals surface area (Å²) in [6, 6.07) is 16.5. The molecule has 0 unspecified atom stereocenters. The van der Waals surface area contributed by atoms with Crippen molar-refractivity contribution in [2.45, 2.75) is 20.8 Å². The van der Waals surface area contributed by atoms with Gasteiger partial charge >= 0.3 is 0 Å². The van der Waals surface area contributed by atoms with Crippen molar-refractivity contribution >= 4 is 28.2 Å². The van der Waals surface area contributed by atoms with Gasteiger partial charge in [0.05, 0.1) is 11.4 Å². The Hall–Kier alpha value is -2.59. The van der Waals surface area contributed by atoms with Gasteiger partial charge in [0.2, 0.25) is 0 Å². The third-order valence-electron chi connectivity index (χ3n) is 3.76. The molecule has 0 saturated heterocycles. The van der Waals surface area contributed by atoms with E-state index < -0.39 is 0 Å². The van der Waals surface area contributed by atoms with Crippen LogP contribution in [0.5, 0.6) is 0 Å². The second kappa shape index (κ2) is 9.20. The van der Waals surface area contributed by atoms with E-state index in [0.717, 1.165) is 33.3 Å². The van der Waals surface area contributed by atoms with Gasteiger partial charge in [0.1, 0.15) is 5.04 Å². The number of allylic oxidation sites excluding steroid dienone is 1. The quantitative estimate of drug-likeness (QED) is 0.357. The highest BCUT2D eigenvalue weighted by molar-refractivity contribution is 8.13. The van der Waals surface area contributed by atoms with Gasteiger partial charge in [0.25, 0.3) is 0 Å². The van der Waals surface area contributed by atoms with E-state index in [2.05, 4.69) is 61.5 Å². The third-order valence-corrected chi connectivity index (χ3v) is 4.48. The van der Waals surface area contributed by atoms with Gasteiger partial charge in [-0.15, -0.1) is 11.8 Å². The second-order valence-corrected chi connectivity index (χ2v) is 6.78. The van der Waals surface area contributed by atoms with Gasteiger partial charge in [0, 0.05) is 17.5 Å². The lowest BCUT2D eigenvalue weighted by Gasteiger charge is -2.16. The van der Waals surface area contributed by atoms with E-state index in [4.69, 9.17) is 5.10 Å². The molecule has 2 aromatic carbocycles. The molecule has 4 heteroatoms.